The van der Waals surface area contributed by atoms with E-state index in [4.69, 9.17) is 11.6 Å². The van der Waals surface area contributed by atoms with Crippen LogP contribution in [0.1, 0.15) is 50.6 Å². The maximum Gasteiger partial charge on any atom is 0.142 e. The Morgan fingerprint density at radius 2 is 2.22 bits per heavy atom. The van der Waals surface area contributed by atoms with Gasteiger partial charge in [-0.25, -0.2) is 4.39 Å². The molecule has 3 heteroatoms. The molecule has 0 aliphatic heterocycles. The van der Waals surface area contributed by atoms with Gasteiger partial charge in [-0.1, -0.05) is 49.9 Å². The lowest BCUT2D eigenvalue weighted by atomic mass is 9.79. The molecular weight excluding hydrogens is 249 g/mol. The third-order valence-corrected chi connectivity index (χ3v) is 4.19. The van der Waals surface area contributed by atoms with Crippen molar-refractivity contribution < 1.29 is 4.39 Å². The topological polar surface area (TPSA) is 12.0 Å². The molecule has 1 N–H and O–H groups in total. The lowest BCUT2D eigenvalue weighted by Gasteiger charge is -2.31. The third kappa shape index (κ3) is 3.24. The van der Waals surface area contributed by atoms with Gasteiger partial charge in [-0.2, -0.15) is 0 Å². The van der Waals surface area contributed by atoms with Crippen LogP contribution in [-0.2, 0) is 0 Å². The number of benzene rings is 1. The number of halogens is 2. The van der Waals surface area contributed by atoms with Crippen molar-refractivity contribution in [3.63, 3.8) is 0 Å². The van der Waals surface area contributed by atoms with Gasteiger partial charge in [0.2, 0.25) is 0 Å². The monoisotopic (exact) mass is 269 g/mol. The maximum atomic E-state index is 13.5. The van der Waals surface area contributed by atoms with E-state index < -0.39 is 0 Å². The van der Waals surface area contributed by atoms with Crippen LogP contribution in [-0.4, -0.2) is 6.54 Å². The molecule has 1 atom stereocenters. The van der Waals surface area contributed by atoms with Gasteiger partial charge in [0.05, 0.1) is 5.02 Å². The summed E-state index contributed by atoms with van der Waals surface area (Å²) < 4.78 is 13.5. The fourth-order valence-corrected chi connectivity index (χ4v) is 2.75. The molecule has 1 fully saturated rings. The Bertz CT molecular complexity index is 390. The van der Waals surface area contributed by atoms with Gasteiger partial charge in [0.1, 0.15) is 5.82 Å². The molecule has 2 rings (SSSR count). The molecule has 0 spiro atoms. The number of hydrogen-bond acceptors (Lipinski definition) is 1. The largest absolute Gasteiger partial charge is 0.310 e. The minimum Gasteiger partial charge on any atom is -0.310 e. The van der Waals surface area contributed by atoms with Crippen molar-refractivity contribution in [1.82, 2.24) is 5.32 Å². The van der Waals surface area contributed by atoms with Gasteiger partial charge >= 0.3 is 0 Å². The van der Waals surface area contributed by atoms with Crippen LogP contribution in [0, 0.1) is 11.7 Å². The molecule has 18 heavy (non-hydrogen) atoms. The van der Waals surface area contributed by atoms with Gasteiger partial charge in [-0.15, -0.1) is 0 Å². The highest BCUT2D eigenvalue weighted by Crippen LogP contribution is 2.37. The van der Waals surface area contributed by atoms with Crippen molar-refractivity contribution >= 4 is 11.6 Å². The first-order valence-corrected chi connectivity index (χ1v) is 7.27. The predicted molar refractivity (Wildman–Crippen MR) is 74.4 cm³/mol. The van der Waals surface area contributed by atoms with Gasteiger partial charge < -0.3 is 5.32 Å². The first kappa shape index (κ1) is 13.8. The van der Waals surface area contributed by atoms with Gasteiger partial charge in [0.15, 0.2) is 0 Å². The molecule has 1 nitrogen and oxygen atoms in total. The second-order valence-corrected chi connectivity index (χ2v) is 5.56. The molecule has 0 saturated heterocycles. The summed E-state index contributed by atoms with van der Waals surface area (Å²) in [5, 5.41) is 3.78. The number of hydrogen-bond donors (Lipinski definition) is 1. The van der Waals surface area contributed by atoms with Crippen LogP contribution in [0.3, 0.4) is 0 Å². The summed E-state index contributed by atoms with van der Waals surface area (Å²) in [7, 11) is 0. The van der Waals surface area contributed by atoms with Crippen molar-refractivity contribution in [1.29, 1.82) is 0 Å². The summed E-state index contributed by atoms with van der Waals surface area (Å²) in [6, 6.07) is 5.31. The van der Waals surface area contributed by atoms with Gasteiger partial charge in [-0.05, 0) is 36.9 Å². The Labute approximate surface area is 114 Å². The van der Waals surface area contributed by atoms with Gasteiger partial charge in [-0.3, -0.25) is 0 Å². The summed E-state index contributed by atoms with van der Waals surface area (Å²) in [6.45, 7) is 3.09. The highest BCUT2D eigenvalue weighted by atomic mass is 35.5. The van der Waals surface area contributed by atoms with E-state index in [1.807, 2.05) is 6.07 Å². The minimum absolute atomic E-state index is 0.193. The van der Waals surface area contributed by atoms with Crippen LogP contribution >= 0.6 is 11.6 Å². The summed E-state index contributed by atoms with van der Waals surface area (Å²) in [5.74, 6) is 0.463. The summed E-state index contributed by atoms with van der Waals surface area (Å²) in [4.78, 5) is 0. The Morgan fingerprint density at radius 3 is 2.83 bits per heavy atom. The van der Waals surface area contributed by atoms with E-state index in [0.29, 0.717) is 0 Å². The molecule has 1 aromatic rings. The van der Waals surface area contributed by atoms with E-state index in [9.17, 15) is 4.39 Å². The molecule has 1 saturated carbocycles. The minimum atomic E-state index is -0.314. The molecule has 0 amide bonds. The van der Waals surface area contributed by atoms with E-state index >= 15 is 0 Å². The zero-order valence-electron chi connectivity index (χ0n) is 10.9. The van der Waals surface area contributed by atoms with E-state index in [0.717, 1.165) is 30.9 Å². The molecule has 0 radical (unpaired) electrons. The Kier molecular flexibility index (Phi) is 5.02. The lowest BCUT2D eigenvalue weighted by molar-refractivity contribution is 0.261. The lowest BCUT2D eigenvalue weighted by Crippen LogP contribution is -2.27. The van der Waals surface area contributed by atoms with Crippen LogP contribution in [0.4, 0.5) is 4.39 Å². The highest BCUT2D eigenvalue weighted by molar-refractivity contribution is 6.31. The molecule has 1 aliphatic rings. The second-order valence-electron chi connectivity index (χ2n) is 5.18. The Balaban J connectivity index is 2.12. The molecule has 0 aromatic heterocycles. The standard InChI is InChI=1S/C15H21ClFN/c1-2-9-18-14(10-11-5-3-6-11)12-7-4-8-13(17)15(12)16/h4,7-8,11,14,18H,2-3,5-6,9-10H2,1H3. The van der Waals surface area contributed by atoms with E-state index in [2.05, 4.69) is 12.2 Å². The average molecular weight is 270 g/mol. The van der Waals surface area contributed by atoms with Gasteiger partial charge in [0.25, 0.3) is 0 Å². The predicted octanol–water partition coefficient (Wildman–Crippen LogP) is 4.71. The van der Waals surface area contributed by atoms with E-state index in [1.54, 1.807) is 6.07 Å². The molecule has 100 valence electrons. The van der Waals surface area contributed by atoms with Crippen molar-refractivity contribution in [2.45, 2.75) is 45.1 Å². The molecule has 0 heterocycles. The Morgan fingerprint density at radius 1 is 1.44 bits per heavy atom. The second kappa shape index (κ2) is 6.53. The molecule has 0 bridgehead atoms. The fraction of sp³-hybridized carbons (Fsp3) is 0.600. The smallest absolute Gasteiger partial charge is 0.142 e. The quantitative estimate of drug-likeness (QED) is 0.789. The number of rotatable bonds is 6. The maximum absolute atomic E-state index is 13.5. The average Bonchev–Trinajstić information content (AvgIpc) is 2.31. The van der Waals surface area contributed by atoms with Gasteiger partial charge in [0, 0.05) is 6.04 Å². The third-order valence-electron chi connectivity index (χ3n) is 3.79. The molecular formula is C15H21ClFN. The zero-order chi connectivity index (χ0) is 13.0. The Hall–Kier alpha value is -0.600. The fourth-order valence-electron chi connectivity index (χ4n) is 2.49. The summed E-state index contributed by atoms with van der Waals surface area (Å²) in [6.07, 6.45) is 6.09. The van der Waals surface area contributed by atoms with E-state index in [-0.39, 0.29) is 16.9 Å². The van der Waals surface area contributed by atoms with Crippen molar-refractivity contribution in [3.8, 4) is 0 Å². The SMILES string of the molecule is CCCNC(CC1CCC1)c1cccc(F)c1Cl. The number of nitrogens with one attached hydrogen (secondary N) is 1. The van der Waals surface area contributed by atoms with Crippen LogP contribution in [0.25, 0.3) is 0 Å². The first-order chi connectivity index (χ1) is 8.72. The van der Waals surface area contributed by atoms with Crippen LogP contribution in [0.5, 0.6) is 0 Å². The van der Waals surface area contributed by atoms with Crippen molar-refractivity contribution in [2.75, 3.05) is 6.54 Å². The van der Waals surface area contributed by atoms with Crippen LogP contribution < -0.4 is 5.32 Å². The van der Waals surface area contributed by atoms with Crippen LogP contribution in [0.15, 0.2) is 18.2 Å². The van der Waals surface area contributed by atoms with Crippen molar-refractivity contribution in [2.24, 2.45) is 5.92 Å². The molecule has 1 aromatic carbocycles. The normalized spacial score (nSPS) is 17.5. The zero-order valence-corrected chi connectivity index (χ0v) is 11.6. The summed E-state index contributed by atoms with van der Waals surface area (Å²) >= 11 is 6.10. The highest BCUT2D eigenvalue weighted by Gasteiger charge is 2.24. The summed E-state index contributed by atoms with van der Waals surface area (Å²) in [5.41, 5.74) is 0.914. The molecule has 1 unspecified atom stereocenters. The molecule has 1 aliphatic carbocycles. The van der Waals surface area contributed by atoms with E-state index in [1.165, 1.54) is 25.3 Å². The first-order valence-electron chi connectivity index (χ1n) is 6.89. The van der Waals surface area contributed by atoms with Crippen molar-refractivity contribution in [3.05, 3.63) is 34.6 Å². The van der Waals surface area contributed by atoms with Crippen LogP contribution in [0.2, 0.25) is 5.02 Å².